The molecule has 4 rings (SSSR count). The van der Waals surface area contributed by atoms with Gasteiger partial charge in [-0.2, -0.15) is 5.10 Å². The average Bonchev–Trinajstić information content (AvgIpc) is 3.28. The van der Waals surface area contributed by atoms with E-state index in [1.54, 1.807) is 46.0 Å². The van der Waals surface area contributed by atoms with Crippen LogP contribution in [0.2, 0.25) is 0 Å². The Labute approximate surface area is 202 Å². The van der Waals surface area contributed by atoms with E-state index in [1.165, 1.54) is 0 Å². The van der Waals surface area contributed by atoms with Crippen molar-refractivity contribution >= 4 is 28.3 Å². The van der Waals surface area contributed by atoms with E-state index < -0.39 is 0 Å². The second-order valence-electron chi connectivity index (χ2n) is 7.29. The lowest BCUT2D eigenvalue weighted by molar-refractivity contribution is 0.324. The first-order valence-corrected chi connectivity index (χ1v) is 11.6. The monoisotopic (exact) mass is 477 g/mol. The van der Waals surface area contributed by atoms with Crippen molar-refractivity contribution in [3.8, 4) is 34.3 Å². The van der Waals surface area contributed by atoms with E-state index in [4.69, 9.17) is 24.0 Å². The zero-order valence-electron chi connectivity index (χ0n) is 19.9. The number of fused-ring (bicyclic) bond motifs is 1. The molecular weight excluding hydrogens is 450 g/mol. The smallest absolute Gasteiger partial charge is 0.206 e. The van der Waals surface area contributed by atoms with Gasteiger partial charge in [-0.25, -0.2) is 4.68 Å². The van der Waals surface area contributed by atoms with Crippen molar-refractivity contribution in [3.05, 3.63) is 64.3 Å². The number of nitrogens with zero attached hydrogens (tertiary/aromatic N) is 3. The van der Waals surface area contributed by atoms with Crippen molar-refractivity contribution in [1.29, 1.82) is 0 Å². The van der Waals surface area contributed by atoms with Gasteiger partial charge in [-0.05, 0) is 48.0 Å². The van der Waals surface area contributed by atoms with Gasteiger partial charge in [0.2, 0.25) is 10.6 Å². The molecule has 0 unspecified atom stereocenters. The molecule has 7 nitrogen and oxygen atoms in total. The summed E-state index contributed by atoms with van der Waals surface area (Å²) in [7, 11) is 6.45. The van der Waals surface area contributed by atoms with Crippen LogP contribution >= 0.6 is 11.3 Å². The van der Waals surface area contributed by atoms with Crippen LogP contribution in [0.4, 0.5) is 0 Å². The van der Waals surface area contributed by atoms with Crippen LogP contribution in [0, 0.1) is 0 Å². The molecule has 0 aliphatic carbocycles. The first kappa shape index (κ1) is 23.4. The molecule has 0 aliphatic heterocycles. The Balaban J connectivity index is 1.81. The zero-order valence-corrected chi connectivity index (χ0v) is 20.7. The molecule has 0 bridgehead atoms. The lowest BCUT2D eigenvalue weighted by Gasteiger charge is -2.13. The van der Waals surface area contributed by atoms with Crippen LogP contribution < -0.4 is 23.7 Å². The highest BCUT2D eigenvalue weighted by molar-refractivity contribution is 7.07. The molecule has 1 heterocycles. The van der Waals surface area contributed by atoms with Crippen LogP contribution in [0.25, 0.3) is 22.0 Å². The predicted molar refractivity (Wildman–Crippen MR) is 137 cm³/mol. The number of methoxy groups -OCH3 is 4. The highest BCUT2D eigenvalue weighted by Gasteiger charge is 2.15. The first-order chi connectivity index (χ1) is 16.6. The minimum Gasteiger partial charge on any atom is -0.497 e. The Bertz CT molecular complexity index is 1410. The second-order valence-corrected chi connectivity index (χ2v) is 8.12. The highest BCUT2D eigenvalue weighted by atomic mass is 32.1. The van der Waals surface area contributed by atoms with Crippen molar-refractivity contribution < 1.29 is 18.9 Å². The van der Waals surface area contributed by atoms with Crippen LogP contribution in [0.3, 0.4) is 0 Å². The summed E-state index contributed by atoms with van der Waals surface area (Å²) in [6, 6.07) is 16.1. The van der Waals surface area contributed by atoms with Gasteiger partial charge < -0.3 is 18.9 Å². The van der Waals surface area contributed by atoms with Crippen LogP contribution in [-0.4, -0.2) is 45.9 Å². The molecule has 0 saturated heterocycles. The van der Waals surface area contributed by atoms with Crippen LogP contribution in [0.5, 0.6) is 23.0 Å². The van der Waals surface area contributed by atoms with Crippen molar-refractivity contribution in [2.24, 2.45) is 10.1 Å². The fraction of sp³-hybridized carbons (Fsp3) is 0.231. The summed E-state index contributed by atoms with van der Waals surface area (Å²) < 4.78 is 23.7. The van der Waals surface area contributed by atoms with E-state index in [2.05, 4.69) is 34.6 Å². The number of hydrogen-bond donors (Lipinski definition) is 0. The lowest BCUT2D eigenvalue weighted by atomic mass is 10.1. The van der Waals surface area contributed by atoms with Gasteiger partial charge in [0, 0.05) is 23.1 Å². The third-order valence-electron chi connectivity index (χ3n) is 5.37. The molecule has 0 saturated carbocycles. The molecule has 0 amide bonds. The standard InChI is InChI=1S/C26H27N3O4S/c1-6-27-26-29(28-15-20-10-12-23(31-3)25(33-5)24(20)32-4)22(16-34-26)19-8-7-18-14-21(30-2)11-9-17(18)13-19/h7-16H,6H2,1-5H3. The van der Waals surface area contributed by atoms with E-state index in [1.807, 2.05) is 35.9 Å². The number of benzene rings is 3. The molecule has 34 heavy (non-hydrogen) atoms. The van der Waals surface area contributed by atoms with Crippen LogP contribution in [-0.2, 0) is 0 Å². The zero-order chi connectivity index (χ0) is 24.1. The van der Waals surface area contributed by atoms with E-state index in [-0.39, 0.29) is 0 Å². The molecule has 8 heteroatoms. The van der Waals surface area contributed by atoms with Crippen molar-refractivity contribution in [1.82, 2.24) is 4.68 Å². The molecule has 3 aromatic carbocycles. The Morgan fingerprint density at radius 1 is 0.853 bits per heavy atom. The molecule has 0 fully saturated rings. The minimum atomic E-state index is 0.521. The van der Waals surface area contributed by atoms with Gasteiger partial charge in [0.15, 0.2) is 11.5 Å². The maximum Gasteiger partial charge on any atom is 0.206 e. The topological polar surface area (TPSA) is 66.6 Å². The van der Waals surface area contributed by atoms with Crippen molar-refractivity contribution in [3.63, 3.8) is 0 Å². The van der Waals surface area contributed by atoms with Gasteiger partial charge in [-0.1, -0.05) is 18.2 Å². The Morgan fingerprint density at radius 3 is 2.32 bits per heavy atom. The molecule has 0 N–H and O–H groups in total. The largest absolute Gasteiger partial charge is 0.497 e. The normalized spacial score (nSPS) is 11.9. The summed E-state index contributed by atoms with van der Waals surface area (Å²) in [4.78, 5) is 5.44. The summed E-state index contributed by atoms with van der Waals surface area (Å²) >= 11 is 1.55. The summed E-state index contributed by atoms with van der Waals surface area (Å²) in [6.07, 6.45) is 1.75. The van der Waals surface area contributed by atoms with Gasteiger partial charge in [-0.15, -0.1) is 11.3 Å². The van der Waals surface area contributed by atoms with Gasteiger partial charge in [0.05, 0.1) is 40.3 Å². The van der Waals surface area contributed by atoms with E-state index >= 15 is 0 Å². The van der Waals surface area contributed by atoms with Crippen molar-refractivity contribution in [2.45, 2.75) is 6.92 Å². The van der Waals surface area contributed by atoms with E-state index in [9.17, 15) is 0 Å². The molecule has 176 valence electrons. The fourth-order valence-corrected chi connectivity index (χ4v) is 4.61. The Morgan fingerprint density at radius 2 is 1.62 bits per heavy atom. The summed E-state index contributed by atoms with van der Waals surface area (Å²) in [5.41, 5.74) is 2.76. The lowest BCUT2D eigenvalue weighted by Crippen LogP contribution is -2.12. The van der Waals surface area contributed by atoms with Gasteiger partial charge in [0.1, 0.15) is 5.75 Å². The fourth-order valence-electron chi connectivity index (χ4n) is 3.71. The Hall–Kier alpha value is -3.78. The van der Waals surface area contributed by atoms with Crippen LogP contribution in [0.15, 0.2) is 64.0 Å². The van der Waals surface area contributed by atoms with Gasteiger partial charge >= 0.3 is 0 Å². The molecule has 0 spiro atoms. The molecule has 0 atom stereocenters. The first-order valence-electron chi connectivity index (χ1n) is 10.8. The van der Waals surface area contributed by atoms with Crippen molar-refractivity contribution in [2.75, 3.05) is 35.0 Å². The number of rotatable bonds is 8. The van der Waals surface area contributed by atoms with Crippen LogP contribution in [0.1, 0.15) is 12.5 Å². The predicted octanol–water partition coefficient (Wildman–Crippen LogP) is 5.21. The van der Waals surface area contributed by atoms with Gasteiger partial charge in [-0.3, -0.25) is 4.99 Å². The SMILES string of the molecule is CCN=c1scc(-c2ccc3cc(OC)ccc3c2)n1N=Cc1ccc(OC)c(OC)c1OC. The summed E-state index contributed by atoms with van der Waals surface area (Å²) in [5.74, 6) is 2.50. The number of thiazole rings is 1. The van der Waals surface area contributed by atoms with E-state index in [0.717, 1.165) is 38.1 Å². The average molecular weight is 478 g/mol. The third-order valence-corrected chi connectivity index (χ3v) is 6.22. The van der Waals surface area contributed by atoms with E-state index in [0.29, 0.717) is 23.8 Å². The maximum atomic E-state index is 5.60. The molecule has 4 aromatic rings. The molecule has 1 aromatic heterocycles. The Kier molecular flexibility index (Phi) is 7.18. The minimum absolute atomic E-state index is 0.521. The quantitative estimate of drug-likeness (QED) is 0.327. The highest BCUT2D eigenvalue weighted by Crippen LogP contribution is 2.39. The molecule has 0 aliphatic rings. The molecular formula is C26H27N3O4S. The third kappa shape index (κ3) is 4.49. The number of hydrogen-bond acceptors (Lipinski definition) is 7. The second kappa shape index (κ2) is 10.4. The molecule has 0 radical (unpaired) electrons. The summed E-state index contributed by atoms with van der Waals surface area (Å²) in [6.45, 7) is 2.67. The van der Waals surface area contributed by atoms with Gasteiger partial charge in [0.25, 0.3) is 0 Å². The summed E-state index contributed by atoms with van der Waals surface area (Å²) in [5, 5.41) is 9.10. The maximum absolute atomic E-state index is 5.60. The number of ether oxygens (including phenoxy) is 4. The number of aromatic nitrogens is 1.